The van der Waals surface area contributed by atoms with Gasteiger partial charge in [-0.05, 0) is 37.7 Å². The van der Waals surface area contributed by atoms with E-state index in [1.54, 1.807) is 0 Å². The number of carbonyl (C=O) groups excluding carboxylic acids is 1. The lowest BCUT2D eigenvalue weighted by atomic mass is 9.80. The van der Waals surface area contributed by atoms with Crippen LogP contribution in [0, 0.1) is 5.92 Å². The van der Waals surface area contributed by atoms with E-state index in [4.69, 9.17) is 4.74 Å². The van der Waals surface area contributed by atoms with Crippen LogP contribution in [0.25, 0.3) is 0 Å². The van der Waals surface area contributed by atoms with Crippen molar-refractivity contribution in [2.45, 2.75) is 51.6 Å². The molecule has 14 heavy (non-hydrogen) atoms. The van der Waals surface area contributed by atoms with Crippen molar-refractivity contribution in [1.82, 2.24) is 0 Å². The maximum absolute atomic E-state index is 11.3. The first kappa shape index (κ1) is 9.75. The van der Waals surface area contributed by atoms with Gasteiger partial charge in [0, 0.05) is 12.8 Å². The predicted molar refractivity (Wildman–Crippen MR) is 54.8 cm³/mol. The van der Waals surface area contributed by atoms with Crippen molar-refractivity contribution < 1.29 is 9.53 Å². The van der Waals surface area contributed by atoms with Gasteiger partial charge in [-0.2, -0.15) is 0 Å². The fraction of sp³-hybridized carbons (Fsp3) is 0.750. The number of hydrogen-bond donors (Lipinski definition) is 0. The third-order valence-electron chi connectivity index (χ3n) is 3.75. The van der Waals surface area contributed by atoms with Gasteiger partial charge in [0.15, 0.2) is 0 Å². The molecule has 0 aromatic heterocycles. The molecular weight excluding hydrogens is 176 g/mol. The molecule has 0 radical (unpaired) electrons. The van der Waals surface area contributed by atoms with E-state index in [1.165, 1.54) is 18.4 Å². The average Bonchev–Trinajstić information content (AvgIpc) is 2.49. The SMILES string of the molecule is CC1=CCCC[C@@H](C)[C@]12CCC(=O)O2. The van der Waals surface area contributed by atoms with Crippen LogP contribution in [0.3, 0.4) is 0 Å². The Labute approximate surface area is 85.3 Å². The zero-order chi connectivity index (χ0) is 10.2. The van der Waals surface area contributed by atoms with E-state index in [9.17, 15) is 4.79 Å². The Kier molecular flexibility index (Phi) is 2.38. The van der Waals surface area contributed by atoms with Crippen molar-refractivity contribution in [2.24, 2.45) is 5.92 Å². The van der Waals surface area contributed by atoms with Crippen molar-refractivity contribution in [2.75, 3.05) is 0 Å². The van der Waals surface area contributed by atoms with E-state index in [2.05, 4.69) is 19.9 Å². The summed E-state index contributed by atoms with van der Waals surface area (Å²) in [6, 6.07) is 0. The van der Waals surface area contributed by atoms with E-state index >= 15 is 0 Å². The highest BCUT2D eigenvalue weighted by molar-refractivity contribution is 5.73. The second kappa shape index (κ2) is 3.41. The molecule has 1 aliphatic heterocycles. The Morgan fingerprint density at radius 1 is 1.57 bits per heavy atom. The molecular formula is C12H18O2. The molecule has 0 saturated carbocycles. The summed E-state index contributed by atoms with van der Waals surface area (Å²) >= 11 is 0. The lowest BCUT2D eigenvalue weighted by Crippen LogP contribution is -2.37. The maximum atomic E-state index is 11.3. The highest BCUT2D eigenvalue weighted by Gasteiger charge is 2.46. The van der Waals surface area contributed by atoms with E-state index in [1.807, 2.05) is 0 Å². The van der Waals surface area contributed by atoms with Gasteiger partial charge in [0.2, 0.25) is 0 Å². The van der Waals surface area contributed by atoms with Crippen molar-refractivity contribution in [3.63, 3.8) is 0 Å². The topological polar surface area (TPSA) is 26.3 Å². The predicted octanol–water partition coefficient (Wildman–Crippen LogP) is 2.83. The molecule has 0 amide bonds. The third kappa shape index (κ3) is 1.37. The summed E-state index contributed by atoms with van der Waals surface area (Å²) in [6.45, 7) is 4.32. The van der Waals surface area contributed by atoms with Crippen LogP contribution >= 0.6 is 0 Å². The van der Waals surface area contributed by atoms with E-state index in [0.717, 1.165) is 12.8 Å². The summed E-state index contributed by atoms with van der Waals surface area (Å²) in [5, 5.41) is 0. The standard InChI is InChI=1S/C12H18O2/c1-9-5-3-4-6-10(2)12(9)8-7-11(13)14-12/h5,10H,3-4,6-8H2,1-2H3/t10-,12+/m1/s1. The van der Waals surface area contributed by atoms with Gasteiger partial charge >= 0.3 is 5.97 Å². The first-order valence-electron chi connectivity index (χ1n) is 5.54. The molecule has 2 heteroatoms. The third-order valence-corrected chi connectivity index (χ3v) is 3.75. The fourth-order valence-corrected chi connectivity index (χ4v) is 2.75. The summed E-state index contributed by atoms with van der Waals surface area (Å²) in [6.07, 6.45) is 7.25. The summed E-state index contributed by atoms with van der Waals surface area (Å²) in [5.41, 5.74) is 1.03. The van der Waals surface area contributed by atoms with Gasteiger partial charge in [0.05, 0.1) is 0 Å². The monoisotopic (exact) mass is 194 g/mol. The van der Waals surface area contributed by atoms with Gasteiger partial charge in [0.25, 0.3) is 0 Å². The van der Waals surface area contributed by atoms with Gasteiger partial charge in [-0.15, -0.1) is 0 Å². The summed E-state index contributed by atoms with van der Waals surface area (Å²) in [4.78, 5) is 11.3. The van der Waals surface area contributed by atoms with Crippen molar-refractivity contribution in [3.05, 3.63) is 11.6 Å². The molecule has 0 aromatic rings. The normalized spacial score (nSPS) is 38.0. The molecule has 0 aromatic carbocycles. The molecule has 0 unspecified atom stereocenters. The molecule has 1 heterocycles. The van der Waals surface area contributed by atoms with Crippen LogP contribution in [-0.4, -0.2) is 11.6 Å². The minimum atomic E-state index is -0.242. The number of carbonyl (C=O) groups is 1. The van der Waals surface area contributed by atoms with Crippen LogP contribution in [0.5, 0.6) is 0 Å². The summed E-state index contributed by atoms with van der Waals surface area (Å²) < 4.78 is 5.59. The van der Waals surface area contributed by atoms with Gasteiger partial charge in [-0.1, -0.05) is 13.0 Å². The Morgan fingerprint density at radius 3 is 3.00 bits per heavy atom. The molecule has 0 N–H and O–H groups in total. The van der Waals surface area contributed by atoms with Crippen LogP contribution in [0.1, 0.15) is 46.0 Å². The Morgan fingerprint density at radius 2 is 2.36 bits per heavy atom. The fourth-order valence-electron chi connectivity index (χ4n) is 2.75. The number of ether oxygens (including phenoxy) is 1. The second-order valence-electron chi connectivity index (χ2n) is 4.58. The van der Waals surface area contributed by atoms with E-state index in [0.29, 0.717) is 12.3 Å². The van der Waals surface area contributed by atoms with Gasteiger partial charge in [-0.25, -0.2) is 0 Å². The van der Waals surface area contributed by atoms with Crippen LogP contribution in [-0.2, 0) is 9.53 Å². The molecule has 1 saturated heterocycles. The molecule has 1 fully saturated rings. The minimum Gasteiger partial charge on any atom is -0.454 e. The van der Waals surface area contributed by atoms with Gasteiger partial charge < -0.3 is 4.74 Å². The smallest absolute Gasteiger partial charge is 0.306 e. The van der Waals surface area contributed by atoms with Crippen LogP contribution in [0.15, 0.2) is 11.6 Å². The highest BCUT2D eigenvalue weighted by Crippen LogP contribution is 2.43. The molecule has 2 rings (SSSR count). The lowest BCUT2D eigenvalue weighted by Gasteiger charge is -2.33. The van der Waals surface area contributed by atoms with Gasteiger partial charge in [0.1, 0.15) is 5.60 Å². The zero-order valence-corrected chi connectivity index (χ0v) is 9.01. The number of esters is 1. The van der Waals surface area contributed by atoms with E-state index in [-0.39, 0.29) is 11.6 Å². The molecule has 0 bridgehead atoms. The largest absolute Gasteiger partial charge is 0.454 e. The maximum Gasteiger partial charge on any atom is 0.306 e. The van der Waals surface area contributed by atoms with Crippen LogP contribution < -0.4 is 0 Å². The Hall–Kier alpha value is -0.790. The molecule has 1 aliphatic carbocycles. The zero-order valence-electron chi connectivity index (χ0n) is 9.01. The average molecular weight is 194 g/mol. The Bertz CT molecular complexity index is 280. The second-order valence-corrected chi connectivity index (χ2v) is 4.58. The molecule has 2 aliphatic rings. The molecule has 1 spiro atoms. The van der Waals surface area contributed by atoms with Crippen molar-refractivity contribution in [1.29, 1.82) is 0 Å². The molecule has 2 nitrogen and oxygen atoms in total. The first-order valence-corrected chi connectivity index (χ1v) is 5.54. The first-order chi connectivity index (χ1) is 6.65. The summed E-state index contributed by atoms with van der Waals surface area (Å²) in [7, 11) is 0. The molecule has 2 atom stereocenters. The molecule has 78 valence electrons. The van der Waals surface area contributed by atoms with Crippen molar-refractivity contribution in [3.8, 4) is 0 Å². The van der Waals surface area contributed by atoms with Crippen LogP contribution in [0.2, 0.25) is 0 Å². The Balaban J connectivity index is 2.32. The minimum absolute atomic E-state index is 0.0218. The number of allylic oxidation sites excluding steroid dienone is 1. The number of rotatable bonds is 0. The number of hydrogen-bond acceptors (Lipinski definition) is 2. The van der Waals surface area contributed by atoms with Crippen LogP contribution in [0.4, 0.5) is 0 Å². The van der Waals surface area contributed by atoms with Crippen molar-refractivity contribution >= 4 is 5.97 Å². The quantitative estimate of drug-likeness (QED) is 0.438. The van der Waals surface area contributed by atoms with Gasteiger partial charge in [-0.3, -0.25) is 4.79 Å². The van der Waals surface area contributed by atoms with E-state index < -0.39 is 0 Å². The lowest BCUT2D eigenvalue weighted by molar-refractivity contribution is -0.149. The summed E-state index contributed by atoms with van der Waals surface area (Å²) in [5.74, 6) is 0.458. The highest BCUT2D eigenvalue weighted by atomic mass is 16.6.